The van der Waals surface area contributed by atoms with E-state index in [1.54, 1.807) is 6.07 Å². The van der Waals surface area contributed by atoms with E-state index >= 15 is 0 Å². The summed E-state index contributed by atoms with van der Waals surface area (Å²) in [6.45, 7) is 2.13. The predicted molar refractivity (Wildman–Crippen MR) is 86.5 cm³/mol. The summed E-state index contributed by atoms with van der Waals surface area (Å²) in [5.41, 5.74) is 2.14. The van der Waals surface area contributed by atoms with Gasteiger partial charge in [-0.15, -0.1) is 0 Å². The summed E-state index contributed by atoms with van der Waals surface area (Å²) < 4.78 is 54.5. The van der Waals surface area contributed by atoms with Crippen molar-refractivity contribution in [3.63, 3.8) is 0 Å². The second-order valence-corrected chi connectivity index (χ2v) is 6.47. The van der Waals surface area contributed by atoms with E-state index in [9.17, 15) is 17.6 Å². The lowest BCUT2D eigenvalue weighted by molar-refractivity contribution is 0.499. The molecular formula is C20H18F4. The maximum Gasteiger partial charge on any atom is 0.166 e. The first-order valence-electron chi connectivity index (χ1n) is 8.05. The van der Waals surface area contributed by atoms with Crippen molar-refractivity contribution in [1.29, 1.82) is 0 Å². The van der Waals surface area contributed by atoms with Crippen LogP contribution in [0.1, 0.15) is 42.9 Å². The van der Waals surface area contributed by atoms with Crippen LogP contribution in [0.25, 0.3) is 5.57 Å². The average Bonchev–Trinajstić information content (AvgIpc) is 2.55. The molecule has 0 N–H and O–H groups in total. The fraction of sp³-hybridized carbons (Fsp3) is 0.300. The van der Waals surface area contributed by atoms with Crippen LogP contribution in [0, 0.1) is 29.2 Å². The van der Waals surface area contributed by atoms with E-state index in [4.69, 9.17) is 0 Å². The number of hydrogen-bond donors (Lipinski definition) is 0. The number of allylic oxidation sites excluding steroid dienone is 2. The monoisotopic (exact) mass is 334 g/mol. The minimum atomic E-state index is -0.945. The van der Waals surface area contributed by atoms with E-state index in [-0.39, 0.29) is 12.0 Å². The maximum absolute atomic E-state index is 14.2. The molecule has 126 valence electrons. The standard InChI is InChI=1S/C20H18F4/c1-12-2-5-15(6-3-12)16-9-14(11-19(23)20(16)24)8-13-4-7-17(21)18(22)10-13/h4-5,7,9-12H,2-3,6,8H2,1H3. The predicted octanol–water partition coefficient (Wildman–Crippen LogP) is 6.04. The van der Waals surface area contributed by atoms with Crippen molar-refractivity contribution >= 4 is 5.57 Å². The first kappa shape index (κ1) is 16.7. The van der Waals surface area contributed by atoms with Gasteiger partial charge in [0.25, 0.3) is 0 Å². The summed E-state index contributed by atoms with van der Waals surface area (Å²) in [6.07, 6.45) is 4.69. The molecule has 1 unspecified atom stereocenters. The molecule has 2 aromatic carbocycles. The van der Waals surface area contributed by atoms with Crippen LogP contribution >= 0.6 is 0 Å². The highest BCUT2D eigenvalue weighted by Crippen LogP contribution is 2.33. The molecule has 0 spiro atoms. The highest BCUT2D eigenvalue weighted by Gasteiger charge is 2.18. The first-order chi connectivity index (χ1) is 11.4. The van der Waals surface area contributed by atoms with Crippen LogP contribution in [0.4, 0.5) is 17.6 Å². The zero-order valence-electron chi connectivity index (χ0n) is 13.4. The van der Waals surface area contributed by atoms with Gasteiger partial charge in [-0.1, -0.05) is 19.1 Å². The van der Waals surface area contributed by atoms with Crippen molar-refractivity contribution in [2.45, 2.75) is 32.6 Å². The molecule has 0 amide bonds. The molecular weight excluding hydrogens is 316 g/mol. The van der Waals surface area contributed by atoms with Crippen LogP contribution in [0.5, 0.6) is 0 Å². The molecule has 1 aliphatic carbocycles. The summed E-state index contributed by atoms with van der Waals surface area (Å²) in [7, 11) is 0. The largest absolute Gasteiger partial charge is 0.204 e. The fourth-order valence-electron chi connectivity index (χ4n) is 3.08. The van der Waals surface area contributed by atoms with E-state index < -0.39 is 23.3 Å². The van der Waals surface area contributed by atoms with E-state index in [0.717, 1.165) is 36.6 Å². The first-order valence-corrected chi connectivity index (χ1v) is 8.05. The number of halogens is 4. The van der Waals surface area contributed by atoms with Crippen LogP contribution in [0.15, 0.2) is 36.4 Å². The van der Waals surface area contributed by atoms with Crippen LogP contribution in [-0.2, 0) is 6.42 Å². The van der Waals surface area contributed by atoms with Crippen LogP contribution < -0.4 is 0 Å². The van der Waals surface area contributed by atoms with Crippen LogP contribution in [-0.4, -0.2) is 0 Å². The molecule has 3 rings (SSSR count). The lowest BCUT2D eigenvalue weighted by atomic mass is 9.86. The van der Waals surface area contributed by atoms with E-state index in [1.165, 1.54) is 6.07 Å². The Kier molecular flexibility index (Phi) is 4.74. The number of rotatable bonds is 3. The Morgan fingerprint density at radius 1 is 0.917 bits per heavy atom. The molecule has 0 heterocycles. The Bertz CT molecular complexity index is 792. The van der Waals surface area contributed by atoms with E-state index in [2.05, 4.69) is 6.92 Å². The molecule has 24 heavy (non-hydrogen) atoms. The van der Waals surface area contributed by atoms with E-state index in [1.807, 2.05) is 6.08 Å². The van der Waals surface area contributed by atoms with Gasteiger partial charge in [-0.3, -0.25) is 0 Å². The molecule has 0 aromatic heterocycles. The Balaban J connectivity index is 1.93. The summed E-state index contributed by atoms with van der Waals surface area (Å²) in [5, 5.41) is 0. The van der Waals surface area contributed by atoms with Crippen molar-refractivity contribution in [1.82, 2.24) is 0 Å². The van der Waals surface area contributed by atoms with Gasteiger partial charge in [0.2, 0.25) is 0 Å². The van der Waals surface area contributed by atoms with Crippen molar-refractivity contribution in [3.8, 4) is 0 Å². The third-order valence-corrected chi connectivity index (χ3v) is 4.50. The topological polar surface area (TPSA) is 0 Å². The lowest BCUT2D eigenvalue weighted by Gasteiger charge is -2.19. The third-order valence-electron chi connectivity index (χ3n) is 4.50. The van der Waals surface area contributed by atoms with E-state index in [0.29, 0.717) is 23.5 Å². The molecule has 1 aliphatic rings. The second kappa shape index (κ2) is 6.80. The Hall–Kier alpha value is -2.10. The Morgan fingerprint density at radius 3 is 2.33 bits per heavy atom. The molecule has 0 saturated heterocycles. The van der Waals surface area contributed by atoms with Gasteiger partial charge in [-0.2, -0.15) is 0 Å². The molecule has 4 heteroatoms. The quantitative estimate of drug-likeness (QED) is 0.601. The molecule has 0 saturated carbocycles. The highest BCUT2D eigenvalue weighted by molar-refractivity contribution is 5.67. The van der Waals surface area contributed by atoms with Crippen LogP contribution in [0.3, 0.4) is 0 Å². The molecule has 0 bridgehead atoms. The van der Waals surface area contributed by atoms with Gasteiger partial charge >= 0.3 is 0 Å². The molecule has 2 aromatic rings. The summed E-state index contributed by atoms with van der Waals surface area (Å²) in [6, 6.07) is 6.29. The zero-order valence-corrected chi connectivity index (χ0v) is 13.4. The van der Waals surface area contributed by atoms with Crippen molar-refractivity contribution in [2.24, 2.45) is 5.92 Å². The summed E-state index contributed by atoms with van der Waals surface area (Å²) in [4.78, 5) is 0. The zero-order chi connectivity index (χ0) is 17.3. The van der Waals surface area contributed by atoms with Gasteiger partial charge in [0.05, 0.1) is 0 Å². The normalized spacial score (nSPS) is 17.7. The highest BCUT2D eigenvalue weighted by atomic mass is 19.2. The molecule has 1 atom stereocenters. The molecule has 0 aliphatic heterocycles. The smallest absolute Gasteiger partial charge is 0.166 e. The van der Waals surface area contributed by atoms with Gasteiger partial charge in [-0.25, -0.2) is 17.6 Å². The summed E-state index contributed by atoms with van der Waals surface area (Å²) in [5.74, 6) is -3.08. The van der Waals surface area contributed by atoms with Crippen LogP contribution in [0.2, 0.25) is 0 Å². The molecule has 0 fully saturated rings. The lowest BCUT2D eigenvalue weighted by Crippen LogP contribution is -2.04. The number of benzene rings is 2. The van der Waals surface area contributed by atoms with Gasteiger partial charge in [0.15, 0.2) is 23.3 Å². The SMILES string of the molecule is CC1CC=C(c2cc(Cc3ccc(F)c(F)c3)cc(F)c2F)CC1. The Labute approximate surface area is 138 Å². The van der Waals surface area contributed by atoms with Crippen molar-refractivity contribution in [2.75, 3.05) is 0 Å². The minimum absolute atomic E-state index is 0.213. The van der Waals surface area contributed by atoms with Crippen molar-refractivity contribution < 1.29 is 17.6 Å². The van der Waals surface area contributed by atoms with Gasteiger partial charge in [0, 0.05) is 5.56 Å². The van der Waals surface area contributed by atoms with Gasteiger partial charge in [0.1, 0.15) is 0 Å². The molecule has 0 nitrogen and oxygen atoms in total. The number of hydrogen-bond acceptors (Lipinski definition) is 0. The maximum atomic E-state index is 14.2. The third kappa shape index (κ3) is 3.53. The average molecular weight is 334 g/mol. The minimum Gasteiger partial charge on any atom is -0.204 e. The second-order valence-electron chi connectivity index (χ2n) is 6.47. The fourth-order valence-corrected chi connectivity index (χ4v) is 3.08. The molecule has 0 radical (unpaired) electrons. The van der Waals surface area contributed by atoms with Crippen molar-refractivity contribution in [3.05, 3.63) is 76.4 Å². The Morgan fingerprint density at radius 2 is 1.67 bits per heavy atom. The van der Waals surface area contributed by atoms with Gasteiger partial charge in [-0.05, 0) is 72.6 Å². The summed E-state index contributed by atoms with van der Waals surface area (Å²) >= 11 is 0. The van der Waals surface area contributed by atoms with Gasteiger partial charge < -0.3 is 0 Å².